The van der Waals surface area contributed by atoms with Crippen LogP contribution >= 0.6 is 0 Å². The minimum Gasteiger partial charge on any atom is -0.435 e. The quantitative estimate of drug-likeness (QED) is 0.757. The molecule has 5 nitrogen and oxygen atoms in total. The van der Waals surface area contributed by atoms with Gasteiger partial charge in [-0.15, -0.1) is 0 Å². The smallest absolute Gasteiger partial charge is 0.387 e. The number of aliphatic hydroxyl groups excluding tert-OH is 1. The molecule has 0 unspecified atom stereocenters. The van der Waals surface area contributed by atoms with E-state index in [1.165, 1.54) is 12.1 Å². The highest BCUT2D eigenvalue weighted by Gasteiger charge is 2.25. The van der Waals surface area contributed by atoms with Gasteiger partial charge in [-0.25, -0.2) is 0 Å². The van der Waals surface area contributed by atoms with Crippen molar-refractivity contribution in [2.24, 2.45) is 0 Å². The van der Waals surface area contributed by atoms with Crippen LogP contribution in [0.25, 0.3) is 0 Å². The van der Waals surface area contributed by atoms with Crippen LogP contribution in [-0.4, -0.2) is 54.8 Å². The number of likely N-dealkylation sites (tertiary alicyclic amines) is 1. The molecule has 0 bridgehead atoms. The highest BCUT2D eigenvalue weighted by atomic mass is 19.3. The number of alkyl halides is 2. The van der Waals surface area contributed by atoms with Crippen molar-refractivity contribution >= 4 is 5.91 Å². The number of rotatable bonds is 8. The van der Waals surface area contributed by atoms with Gasteiger partial charge < -0.3 is 15.2 Å². The van der Waals surface area contributed by atoms with Gasteiger partial charge in [0.05, 0.1) is 13.2 Å². The van der Waals surface area contributed by atoms with Gasteiger partial charge in [-0.2, -0.15) is 8.78 Å². The van der Waals surface area contributed by atoms with Crippen molar-refractivity contribution in [1.82, 2.24) is 10.2 Å². The monoisotopic (exact) mass is 328 g/mol. The Bertz CT molecular complexity index is 497. The lowest BCUT2D eigenvalue weighted by Gasteiger charge is -2.21. The molecule has 23 heavy (non-hydrogen) atoms. The summed E-state index contributed by atoms with van der Waals surface area (Å²) >= 11 is 0. The number of carbonyl (C=O) groups is 1. The third-order valence-electron chi connectivity index (χ3n) is 3.94. The highest BCUT2D eigenvalue weighted by Crippen LogP contribution is 2.16. The molecule has 1 aromatic rings. The van der Waals surface area contributed by atoms with Crippen molar-refractivity contribution in [2.45, 2.75) is 31.9 Å². The average Bonchev–Trinajstić information content (AvgIpc) is 2.95. The van der Waals surface area contributed by atoms with Gasteiger partial charge in [-0.1, -0.05) is 12.1 Å². The fourth-order valence-electron chi connectivity index (χ4n) is 2.73. The van der Waals surface area contributed by atoms with Gasteiger partial charge in [0.15, 0.2) is 0 Å². The summed E-state index contributed by atoms with van der Waals surface area (Å²) in [4.78, 5) is 13.9. The molecule has 0 saturated carbocycles. The van der Waals surface area contributed by atoms with Crippen molar-refractivity contribution in [2.75, 3.05) is 26.2 Å². The summed E-state index contributed by atoms with van der Waals surface area (Å²) in [7, 11) is 0. The minimum atomic E-state index is -2.83. The maximum Gasteiger partial charge on any atom is 0.387 e. The van der Waals surface area contributed by atoms with Crippen LogP contribution in [0.2, 0.25) is 0 Å². The Morgan fingerprint density at radius 2 is 2.13 bits per heavy atom. The molecule has 2 N–H and O–H groups in total. The average molecular weight is 328 g/mol. The third-order valence-corrected chi connectivity index (χ3v) is 3.94. The first kappa shape index (κ1) is 17.6. The number of hydrogen-bond donors (Lipinski definition) is 2. The topological polar surface area (TPSA) is 61.8 Å². The Morgan fingerprint density at radius 1 is 1.39 bits per heavy atom. The van der Waals surface area contributed by atoms with Crippen LogP contribution in [0.1, 0.15) is 18.4 Å². The number of nitrogens with one attached hydrogen (secondary N) is 1. The van der Waals surface area contributed by atoms with Gasteiger partial charge in [0.2, 0.25) is 5.91 Å². The Hall–Kier alpha value is -1.73. The van der Waals surface area contributed by atoms with Gasteiger partial charge in [0, 0.05) is 12.6 Å². The van der Waals surface area contributed by atoms with Gasteiger partial charge >= 0.3 is 6.61 Å². The first-order valence-electron chi connectivity index (χ1n) is 7.74. The van der Waals surface area contributed by atoms with Crippen LogP contribution in [0.3, 0.4) is 0 Å². The van der Waals surface area contributed by atoms with Crippen LogP contribution in [0.15, 0.2) is 24.3 Å². The minimum absolute atomic E-state index is 0.0667. The molecule has 1 aliphatic rings. The summed E-state index contributed by atoms with van der Waals surface area (Å²) in [5.74, 6) is 0.0554. The molecule has 1 amide bonds. The molecule has 2 rings (SSSR count). The highest BCUT2D eigenvalue weighted by molar-refractivity contribution is 5.78. The fraction of sp³-hybridized carbons (Fsp3) is 0.562. The molecule has 0 radical (unpaired) electrons. The molecule has 1 saturated heterocycles. The molecule has 1 atom stereocenters. The van der Waals surface area contributed by atoms with E-state index in [9.17, 15) is 18.7 Å². The van der Waals surface area contributed by atoms with Crippen LogP contribution in [0.4, 0.5) is 8.78 Å². The first-order chi connectivity index (χ1) is 11.1. The number of amides is 1. The van der Waals surface area contributed by atoms with Crippen molar-refractivity contribution in [3.8, 4) is 5.75 Å². The first-order valence-corrected chi connectivity index (χ1v) is 7.74. The maximum absolute atomic E-state index is 12.0. The Labute approximate surface area is 134 Å². The van der Waals surface area contributed by atoms with Gasteiger partial charge in [-0.3, -0.25) is 9.69 Å². The lowest BCUT2D eigenvalue weighted by molar-refractivity contribution is -0.122. The van der Waals surface area contributed by atoms with E-state index in [1.54, 1.807) is 12.1 Å². The number of hydrogen-bond acceptors (Lipinski definition) is 4. The normalized spacial score (nSPS) is 18.3. The van der Waals surface area contributed by atoms with Crippen molar-refractivity contribution in [1.29, 1.82) is 0 Å². The Balaban J connectivity index is 1.69. The molecule has 0 spiro atoms. The standard InChI is InChI=1S/C16H22F2N2O3/c17-16(18)23-14-5-3-12(4-6-14)7-8-19-15(22)10-20-9-1-2-13(20)11-21/h3-6,13,16,21H,1-2,7-11H2,(H,19,22)/t13-/m1/s1. The van der Waals surface area contributed by atoms with E-state index in [4.69, 9.17) is 0 Å². The molecule has 0 aromatic heterocycles. The van der Waals surface area contributed by atoms with E-state index in [-0.39, 0.29) is 24.3 Å². The van der Waals surface area contributed by atoms with E-state index in [0.29, 0.717) is 19.5 Å². The second-order valence-corrected chi connectivity index (χ2v) is 5.57. The molecule has 7 heteroatoms. The van der Waals surface area contributed by atoms with Crippen molar-refractivity contribution in [3.05, 3.63) is 29.8 Å². The number of nitrogens with zero attached hydrogens (tertiary/aromatic N) is 1. The molecule has 1 aliphatic heterocycles. The Morgan fingerprint density at radius 3 is 2.78 bits per heavy atom. The summed E-state index contributed by atoms with van der Waals surface area (Å²) < 4.78 is 28.4. The predicted molar refractivity (Wildman–Crippen MR) is 81.5 cm³/mol. The van der Waals surface area contributed by atoms with Crippen LogP contribution in [0, 0.1) is 0 Å². The summed E-state index contributed by atoms with van der Waals surface area (Å²) in [5.41, 5.74) is 0.932. The SMILES string of the molecule is O=C(CN1CCC[C@@H]1CO)NCCc1ccc(OC(F)F)cc1. The lowest BCUT2D eigenvalue weighted by atomic mass is 10.1. The summed E-state index contributed by atoms with van der Waals surface area (Å²) in [6.07, 6.45) is 2.55. The number of ether oxygens (including phenoxy) is 1. The predicted octanol–water partition coefficient (Wildman–Crippen LogP) is 1.40. The summed E-state index contributed by atoms with van der Waals surface area (Å²) in [5, 5.41) is 12.1. The van der Waals surface area contributed by atoms with E-state index < -0.39 is 6.61 Å². The van der Waals surface area contributed by atoms with Crippen molar-refractivity contribution in [3.63, 3.8) is 0 Å². The molecular weight excluding hydrogens is 306 g/mol. The Kier molecular flexibility index (Phi) is 6.73. The van der Waals surface area contributed by atoms with E-state index in [1.807, 2.05) is 4.90 Å². The molecule has 1 aromatic carbocycles. The zero-order chi connectivity index (χ0) is 16.7. The number of carbonyl (C=O) groups excluding carboxylic acids is 1. The largest absolute Gasteiger partial charge is 0.435 e. The molecule has 1 heterocycles. The van der Waals surface area contributed by atoms with E-state index >= 15 is 0 Å². The van der Waals surface area contributed by atoms with Gasteiger partial charge in [0.1, 0.15) is 5.75 Å². The zero-order valence-corrected chi connectivity index (χ0v) is 12.9. The van der Waals surface area contributed by atoms with Crippen molar-refractivity contribution < 1.29 is 23.4 Å². The zero-order valence-electron chi connectivity index (χ0n) is 12.9. The maximum atomic E-state index is 12.0. The lowest BCUT2D eigenvalue weighted by Crippen LogP contribution is -2.41. The summed E-state index contributed by atoms with van der Waals surface area (Å²) in [6, 6.07) is 6.46. The number of benzene rings is 1. The van der Waals surface area contributed by atoms with E-state index in [0.717, 1.165) is 24.9 Å². The molecule has 1 fully saturated rings. The number of halogens is 2. The third kappa shape index (κ3) is 5.76. The van der Waals surface area contributed by atoms with Gasteiger partial charge in [-0.05, 0) is 43.5 Å². The van der Waals surface area contributed by atoms with Crippen LogP contribution in [0.5, 0.6) is 5.75 Å². The number of aliphatic hydroxyl groups is 1. The summed E-state index contributed by atoms with van der Waals surface area (Å²) in [6.45, 7) is -1.13. The van der Waals surface area contributed by atoms with E-state index in [2.05, 4.69) is 10.1 Å². The molecular formula is C16H22F2N2O3. The fourth-order valence-corrected chi connectivity index (χ4v) is 2.73. The molecule has 0 aliphatic carbocycles. The van der Waals surface area contributed by atoms with Crippen LogP contribution < -0.4 is 10.1 Å². The second-order valence-electron chi connectivity index (χ2n) is 5.57. The molecule has 128 valence electrons. The van der Waals surface area contributed by atoms with Crippen LogP contribution in [-0.2, 0) is 11.2 Å². The van der Waals surface area contributed by atoms with Gasteiger partial charge in [0.25, 0.3) is 0 Å². The second kappa shape index (κ2) is 8.79.